The minimum absolute atomic E-state index is 0.00942. The van der Waals surface area contributed by atoms with E-state index in [0.29, 0.717) is 16.9 Å². The third kappa shape index (κ3) is 4.40. The number of fused-ring (bicyclic) bond motifs is 2. The van der Waals surface area contributed by atoms with Gasteiger partial charge in [0.2, 0.25) is 5.91 Å². The summed E-state index contributed by atoms with van der Waals surface area (Å²) in [6, 6.07) is 4.50. The number of pyridine rings is 1. The molecule has 2 aliphatic heterocycles. The van der Waals surface area contributed by atoms with Crippen LogP contribution in [0.1, 0.15) is 37.9 Å². The van der Waals surface area contributed by atoms with Crippen LogP contribution < -0.4 is 15.3 Å². The van der Waals surface area contributed by atoms with Crippen molar-refractivity contribution in [2.75, 3.05) is 24.6 Å². The van der Waals surface area contributed by atoms with Gasteiger partial charge in [0.15, 0.2) is 11.6 Å². The summed E-state index contributed by atoms with van der Waals surface area (Å²) >= 11 is 6.86. The highest BCUT2D eigenvalue weighted by Gasteiger charge is 2.40. The van der Waals surface area contributed by atoms with Crippen molar-refractivity contribution in [2.45, 2.75) is 45.7 Å². The van der Waals surface area contributed by atoms with E-state index in [1.807, 2.05) is 25.7 Å². The van der Waals surface area contributed by atoms with Gasteiger partial charge in [0.1, 0.15) is 29.5 Å². The molecular weight excluding hydrogens is 592 g/mol. The summed E-state index contributed by atoms with van der Waals surface area (Å²) in [4.78, 5) is 39.2. The highest BCUT2D eigenvalue weighted by molar-refractivity contribution is 6.36. The maximum atomic E-state index is 17.2. The van der Waals surface area contributed by atoms with Crippen LogP contribution in [0.4, 0.5) is 14.6 Å². The van der Waals surface area contributed by atoms with Crippen LogP contribution in [0.25, 0.3) is 27.7 Å². The molecule has 1 fully saturated rings. The maximum Gasteiger partial charge on any atom is 0.354 e. The zero-order valence-corrected chi connectivity index (χ0v) is 25.3. The highest BCUT2D eigenvalue weighted by Crippen LogP contribution is 2.50. The SMILES string of the molecule is C=CC(=O)N1CC2COc3c(Cl)c(-c4c(O)cccc4F)c(F)c4c3c(nc(=O)n4-c3c(C)ccnc3C(C)C)N2CC1C. The zero-order valence-electron chi connectivity index (χ0n) is 24.6. The fourth-order valence-corrected chi connectivity index (χ4v) is 6.55. The van der Waals surface area contributed by atoms with Gasteiger partial charge in [-0.05, 0) is 49.6 Å². The number of nitrogens with zero attached hydrogens (tertiary/aromatic N) is 5. The molecule has 44 heavy (non-hydrogen) atoms. The molecule has 4 aromatic rings. The number of phenolic OH excluding ortho intramolecular Hbond substituents is 1. The molecule has 228 valence electrons. The second-order valence-electron chi connectivity index (χ2n) is 11.4. The second-order valence-corrected chi connectivity index (χ2v) is 11.8. The first-order chi connectivity index (χ1) is 21.0. The predicted molar refractivity (Wildman–Crippen MR) is 164 cm³/mol. The first-order valence-corrected chi connectivity index (χ1v) is 14.6. The van der Waals surface area contributed by atoms with Gasteiger partial charge in [-0.25, -0.2) is 13.6 Å². The lowest BCUT2D eigenvalue weighted by Gasteiger charge is -2.44. The summed E-state index contributed by atoms with van der Waals surface area (Å²) in [7, 11) is 0. The van der Waals surface area contributed by atoms with Gasteiger partial charge in [-0.3, -0.25) is 14.3 Å². The third-order valence-electron chi connectivity index (χ3n) is 8.31. The summed E-state index contributed by atoms with van der Waals surface area (Å²) in [5.41, 5.74) is -0.483. The Kier molecular flexibility index (Phi) is 7.31. The fraction of sp³-hybridized carbons (Fsp3) is 0.312. The molecule has 4 heterocycles. The lowest BCUT2D eigenvalue weighted by Crippen LogP contribution is -2.60. The van der Waals surface area contributed by atoms with E-state index in [4.69, 9.17) is 16.3 Å². The Hall–Kier alpha value is -4.51. The molecule has 0 radical (unpaired) electrons. The number of aromatic nitrogens is 3. The number of hydrogen-bond acceptors (Lipinski definition) is 7. The molecule has 6 rings (SSSR count). The number of aromatic hydroxyl groups is 1. The Morgan fingerprint density at radius 2 is 1.98 bits per heavy atom. The van der Waals surface area contributed by atoms with Crippen molar-refractivity contribution in [3.05, 3.63) is 81.5 Å². The summed E-state index contributed by atoms with van der Waals surface area (Å²) < 4.78 is 39.9. The molecule has 2 aliphatic rings. The molecule has 1 amide bonds. The van der Waals surface area contributed by atoms with E-state index >= 15 is 8.78 Å². The molecule has 2 atom stereocenters. The number of ether oxygens (including phenoxy) is 1. The Bertz CT molecular complexity index is 1910. The van der Waals surface area contributed by atoms with Gasteiger partial charge in [-0.2, -0.15) is 4.98 Å². The van der Waals surface area contributed by atoms with Gasteiger partial charge in [0, 0.05) is 30.9 Å². The van der Waals surface area contributed by atoms with E-state index in [9.17, 15) is 14.7 Å². The minimum Gasteiger partial charge on any atom is -0.507 e. The van der Waals surface area contributed by atoms with Gasteiger partial charge in [0.25, 0.3) is 0 Å². The molecule has 1 N–H and O–H groups in total. The van der Waals surface area contributed by atoms with E-state index in [1.165, 1.54) is 18.2 Å². The molecule has 2 aromatic heterocycles. The standard InChI is InChI=1S/C32H30ClF2N5O4/c1-6-21(42)38-13-18-14-44-30-24-29(26(35)23(25(30)33)22-19(34)8-7-9-20(22)41)40(28-16(4)10-11-36-27(28)15(2)3)32(43)37-31(24)39(18)12-17(38)5/h6-11,15,17-18,41H,1,12-14H2,2-5H3. The zero-order chi connectivity index (χ0) is 31.6. The lowest BCUT2D eigenvalue weighted by atomic mass is 9.98. The molecule has 9 nitrogen and oxygen atoms in total. The first kappa shape index (κ1) is 29.6. The van der Waals surface area contributed by atoms with Gasteiger partial charge >= 0.3 is 5.69 Å². The van der Waals surface area contributed by atoms with Crippen LogP contribution in [0.2, 0.25) is 5.02 Å². The number of piperazine rings is 1. The molecule has 2 aromatic carbocycles. The second kappa shape index (κ2) is 10.9. The van der Waals surface area contributed by atoms with Crippen molar-refractivity contribution in [3.63, 3.8) is 0 Å². The van der Waals surface area contributed by atoms with Crippen molar-refractivity contribution in [1.82, 2.24) is 19.4 Å². The quantitative estimate of drug-likeness (QED) is 0.300. The molecule has 0 bridgehead atoms. The van der Waals surface area contributed by atoms with Crippen molar-refractivity contribution in [3.8, 4) is 28.3 Å². The number of aryl methyl sites for hydroxylation is 1. The number of rotatable bonds is 4. The maximum absolute atomic E-state index is 17.2. The number of amides is 1. The molecule has 0 aliphatic carbocycles. The summed E-state index contributed by atoms with van der Waals surface area (Å²) in [5.74, 6) is -2.81. The number of anilines is 1. The normalized spacial score (nSPS) is 17.8. The summed E-state index contributed by atoms with van der Waals surface area (Å²) in [6.45, 7) is 11.5. The Balaban J connectivity index is 1.77. The van der Waals surface area contributed by atoms with E-state index < -0.39 is 40.2 Å². The minimum atomic E-state index is -1.04. The fourth-order valence-electron chi connectivity index (χ4n) is 6.22. The van der Waals surface area contributed by atoms with Gasteiger partial charge in [-0.15, -0.1) is 0 Å². The highest BCUT2D eigenvalue weighted by atomic mass is 35.5. The average Bonchev–Trinajstić information content (AvgIpc) is 3.13. The Morgan fingerprint density at radius 3 is 2.66 bits per heavy atom. The Labute approximate surface area is 257 Å². The molecule has 2 unspecified atom stereocenters. The van der Waals surface area contributed by atoms with Crippen LogP contribution >= 0.6 is 11.6 Å². The Morgan fingerprint density at radius 1 is 1.23 bits per heavy atom. The van der Waals surface area contributed by atoms with Gasteiger partial charge in [-0.1, -0.05) is 38.1 Å². The number of phenols is 1. The van der Waals surface area contributed by atoms with Crippen molar-refractivity contribution in [2.24, 2.45) is 0 Å². The molecular formula is C32H30ClF2N5O4. The van der Waals surface area contributed by atoms with E-state index in [0.717, 1.165) is 10.6 Å². The average molecular weight is 622 g/mol. The van der Waals surface area contributed by atoms with E-state index in [-0.39, 0.29) is 65.1 Å². The van der Waals surface area contributed by atoms with Crippen LogP contribution in [-0.4, -0.2) is 62.2 Å². The molecule has 0 saturated carbocycles. The van der Waals surface area contributed by atoms with Crippen LogP contribution in [0.15, 0.2) is 47.9 Å². The van der Waals surface area contributed by atoms with E-state index in [1.54, 1.807) is 24.1 Å². The number of benzene rings is 2. The summed E-state index contributed by atoms with van der Waals surface area (Å²) in [6.07, 6.45) is 2.84. The van der Waals surface area contributed by atoms with Crippen molar-refractivity contribution < 1.29 is 23.4 Å². The number of carbonyl (C=O) groups excluding carboxylic acids is 1. The van der Waals surface area contributed by atoms with Crippen molar-refractivity contribution in [1.29, 1.82) is 0 Å². The smallest absolute Gasteiger partial charge is 0.354 e. The molecule has 0 spiro atoms. The van der Waals surface area contributed by atoms with E-state index in [2.05, 4.69) is 16.5 Å². The number of carbonyl (C=O) groups is 1. The first-order valence-electron chi connectivity index (χ1n) is 14.2. The van der Waals surface area contributed by atoms with Crippen LogP contribution in [0.5, 0.6) is 11.5 Å². The van der Waals surface area contributed by atoms with Gasteiger partial charge < -0.3 is 19.6 Å². The van der Waals surface area contributed by atoms with Crippen molar-refractivity contribution >= 4 is 34.2 Å². The van der Waals surface area contributed by atoms with Crippen LogP contribution in [-0.2, 0) is 4.79 Å². The predicted octanol–water partition coefficient (Wildman–Crippen LogP) is 5.50. The summed E-state index contributed by atoms with van der Waals surface area (Å²) in [5, 5.41) is 10.5. The van der Waals surface area contributed by atoms with Gasteiger partial charge in [0.05, 0.1) is 33.4 Å². The third-order valence-corrected chi connectivity index (χ3v) is 8.67. The molecule has 1 saturated heterocycles. The number of hydrogen-bond donors (Lipinski definition) is 1. The monoisotopic (exact) mass is 621 g/mol. The topological polar surface area (TPSA) is 101 Å². The number of halogens is 3. The lowest BCUT2D eigenvalue weighted by molar-refractivity contribution is -0.129. The van der Waals surface area contributed by atoms with Crippen LogP contribution in [0.3, 0.4) is 0 Å². The molecule has 12 heteroatoms. The largest absolute Gasteiger partial charge is 0.507 e. The van der Waals surface area contributed by atoms with Crippen LogP contribution in [0, 0.1) is 18.6 Å².